The van der Waals surface area contributed by atoms with Gasteiger partial charge in [0.15, 0.2) is 0 Å². The van der Waals surface area contributed by atoms with Gasteiger partial charge in [-0.2, -0.15) is 5.10 Å². The molecule has 22 heavy (non-hydrogen) atoms. The third-order valence-electron chi connectivity index (χ3n) is 4.30. The molecule has 0 radical (unpaired) electrons. The summed E-state index contributed by atoms with van der Waals surface area (Å²) in [6.45, 7) is 5.11. The number of hydrogen-bond acceptors (Lipinski definition) is 4. The van der Waals surface area contributed by atoms with E-state index >= 15 is 0 Å². The summed E-state index contributed by atoms with van der Waals surface area (Å²) in [5.74, 6) is 2.61. The van der Waals surface area contributed by atoms with Gasteiger partial charge >= 0.3 is 0 Å². The maximum absolute atomic E-state index is 5.49. The molecule has 3 rings (SSSR count). The van der Waals surface area contributed by atoms with Crippen molar-refractivity contribution in [2.75, 3.05) is 25.5 Å². The molecule has 0 unspecified atom stereocenters. The molecule has 0 spiro atoms. The van der Waals surface area contributed by atoms with E-state index in [0.29, 0.717) is 12.0 Å². The molecule has 5 nitrogen and oxygen atoms in total. The molecule has 1 aromatic carbocycles. The fourth-order valence-corrected chi connectivity index (χ4v) is 3.06. The summed E-state index contributed by atoms with van der Waals surface area (Å²) in [6, 6.07) is 10.6. The lowest BCUT2D eigenvalue weighted by atomic mass is 10.0. The molecule has 0 amide bonds. The molecule has 1 aliphatic heterocycles. The van der Waals surface area contributed by atoms with E-state index in [9.17, 15) is 0 Å². The quantitative estimate of drug-likeness (QED) is 0.861. The van der Waals surface area contributed by atoms with Crippen molar-refractivity contribution in [3.05, 3.63) is 42.1 Å². The van der Waals surface area contributed by atoms with Gasteiger partial charge in [-0.3, -0.25) is 0 Å². The Labute approximate surface area is 131 Å². The minimum absolute atomic E-state index is 0.315. The average Bonchev–Trinajstić information content (AvgIpc) is 3.03. The molecule has 0 saturated carbocycles. The predicted octanol–water partition coefficient (Wildman–Crippen LogP) is 2.67. The van der Waals surface area contributed by atoms with E-state index in [1.165, 1.54) is 5.56 Å². The van der Waals surface area contributed by atoms with Crippen molar-refractivity contribution in [2.24, 2.45) is 5.92 Å². The van der Waals surface area contributed by atoms with Crippen LogP contribution >= 0.6 is 0 Å². The largest absolute Gasteiger partial charge is 0.496 e. The van der Waals surface area contributed by atoms with Gasteiger partial charge in [0.2, 0.25) is 0 Å². The van der Waals surface area contributed by atoms with Crippen LogP contribution in [-0.4, -0.2) is 30.0 Å². The topological polar surface area (TPSA) is 51.1 Å². The Balaban J connectivity index is 1.62. The van der Waals surface area contributed by atoms with Gasteiger partial charge in [-0.15, -0.1) is 0 Å². The van der Waals surface area contributed by atoms with Gasteiger partial charge in [0.25, 0.3) is 0 Å². The maximum Gasteiger partial charge on any atom is 0.124 e. The standard InChI is InChI=1S/C17H24N4O/c1-3-15(14-6-4-5-7-16(14)22-2)18-10-13-11-19-17-8-9-20-21(17)12-13/h4-9,13,15,18-19H,3,10-12H2,1-2H3/t13-,15-/m1/s1. The van der Waals surface area contributed by atoms with E-state index in [1.54, 1.807) is 7.11 Å². The lowest BCUT2D eigenvalue weighted by molar-refractivity contribution is 0.357. The van der Waals surface area contributed by atoms with E-state index in [0.717, 1.165) is 37.6 Å². The molecule has 2 N–H and O–H groups in total. The van der Waals surface area contributed by atoms with E-state index in [-0.39, 0.29) is 0 Å². The van der Waals surface area contributed by atoms with Crippen molar-refractivity contribution in [3.63, 3.8) is 0 Å². The number of ether oxygens (including phenoxy) is 1. The predicted molar refractivity (Wildman–Crippen MR) is 88.2 cm³/mol. The van der Waals surface area contributed by atoms with Crippen molar-refractivity contribution >= 4 is 5.82 Å². The van der Waals surface area contributed by atoms with Crippen molar-refractivity contribution in [2.45, 2.75) is 25.9 Å². The Morgan fingerprint density at radius 1 is 1.41 bits per heavy atom. The first-order valence-corrected chi connectivity index (χ1v) is 7.93. The van der Waals surface area contributed by atoms with Crippen molar-refractivity contribution in [1.82, 2.24) is 15.1 Å². The van der Waals surface area contributed by atoms with Crippen LogP contribution in [0.15, 0.2) is 36.5 Å². The van der Waals surface area contributed by atoms with E-state index < -0.39 is 0 Å². The minimum atomic E-state index is 0.315. The molecule has 2 aromatic rings. The zero-order valence-corrected chi connectivity index (χ0v) is 13.2. The summed E-state index contributed by atoms with van der Waals surface area (Å²) in [5.41, 5.74) is 1.23. The van der Waals surface area contributed by atoms with E-state index in [4.69, 9.17) is 4.74 Å². The van der Waals surface area contributed by atoms with Crippen LogP contribution in [0.1, 0.15) is 24.9 Å². The first-order chi connectivity index (χ1) is 10.8. The molecule has 1 aromatic heterocycles. The third kappa shape index (κ3) is 3.09. The summed E-state index contributed by atoms with van der Waals surface area (Å²) in [7, 11) is 1.73. The Kier molecular flexibility index (Phi) is 4.63. The number of rotatable bonds is 6. The lowest BCUT2D eigenvalue weighted by Gasteiger charge is -2.27. The molecular formula is C17H24N4O. The molecule has 2 atom stereocenters. The third-order valence-corrected chi connectivity index (χ3v) is 4.30. The van der Waals surface area contributed by atoms with Crippen LogP contribution in [0.5, 0.6) is 5.75 Å². The number of aromatic nitrogens is 2. The Morgan fingerprint density at radius 3 is 3.09 bits per heavy atom. The van der Waals surface area contributed by atoms with Crippen LogP contribution in [-0.2, 0) is 6.54 Å². The monoisotopic (exact) mass is 300 g/mol. The molecule has 0 bridgehead atoms. The Morgan fingerprint density at radius 2 is 2.27 bits per heavy atom. The average molecular weight is 300 g/mol. The summed E-state index contributed by atoms with van der Waals surface area (Å²) in [4.78, 5) is 0. The number of nitrogens with one attached hydrogen (secondary N) is 2. The van der Waals surface area contributed by atoms with E-state index in [1.807, 2.05) is 29.1 Å². The summed E-state index contributed by atoms with van der Waals surface area (Å²) < 4.78 is 7.53. The minimum Gasteiger partial charge on any atom is -0.496 e. The number of para-hydroxylation sites is 1. The molecule has 0 aliphatic carbocycles. The molecular weight excluding hydrogens is 276 g/mol. The smallest absolute Gasteiger partial charge is 0.124 e. The fraction of sp³-hybridized carbons (Fsp3) is 0.471. The zero-order chi connectivity index (χ0) is 15.4. The molecule has 2 heterocycles. The van der Waals surface area contributed by atoms with Gasteiger partial charge in [-0.05, 0) is 12.5 Å². The summed E-state index contributed by atoms with van der Waals surface area (Å²) in [5, 5.41) is 11.5. The van der Waals surface area contributed by atoms with Gasteiger partial charge < -0.3 is 15.4 Å². The zero-order valence-electron chi connectivity index (χ0n) is 13.2. The number of anilines is 1. The van der Waals surface area contributed by atoms with Crippen LogP contribution in [0, 0.1) is 5.92 Å². The number of nitrogens with zero attached hydrogens (tertiary/aromatic N) is 2. The number of hydrogen-bond donors (Lipinski definition) is 2. The van der Waals surface area contributed by atoms with E-state index in [2.05, 4.69) is 34.8 Å². The fourth-order valence-electron chi connectivity index (χ4n) is 3.06. The van der Waals surface area contributed by atoms with Gasteiger partial charge in [0.1, 0.15) is 11.6 Å². The highest BCUT2D eigenvalue weighted by molar-refractivity contribution is 5.36. The lowest BCUT2D eigenvalue weighted by Crippen LogP contribution is -2.36. The van der Waals surface area contributed by atoms with Gasteiger partial charge in [-0.25, -0.2) is 4.68 Å². The second-order valence-electron chi connectivity index (χ2n) is 5.76. The van der Waals surface area contributed by atoms with Crippen molar-refractivity contribution in [3.8, 4) is 5.75 Å². The molecule has 0 fully saturated rings. The molecule has 0 saturated heterocycles. The van der Waals surface area contributed by atoms with Gasteiger partial charge in [-0.1, -0.05) is 25.1 Å². The number of methoxy groups -OCH3 is 1. The summed E-state index contributed by atoms with van der Waals surface area (Å²) >= 11 is 0. The highest BCUT2D eigenvalue weighted by Gasteiger charge is 2.20. The van der Waals surface area contributed by atoms with Crippen LogP contribution in [0.2, 0.25) is 0 Å². The highest BCUT2D eigenvalue weighted by Crippen LogP contribution is 2.27. The van der Waals surface area contributed by atoms with Crippen molar-refractivity contribution < 1.29 is 4.74 Å². The second kappa shape index (κ2) is 6.83. The molecule has 5 heteroatoms. The van der Waals surface area contributed by atoms with Crippen LogP contribution in [0.4, 0.5) is 5.82 Å². The molecule has 118 valence electrons. The highest BCUT2D eigenvalue weighted by atomic mass is 16.5. The van der Waals surface area contributed by atoms with Gasteiger partial charge in [0, 0.05) is 43.2 Å². The first-order valence-electron chi connectivity index (χ1n) is 7.93. The van der Waals surface area contributed by atoms with Crippen LogP contribution in [0.3, 0.4) is 0 Å². The number of benzene rings is 1. The first kappa shape index (κ1) is 14.9. The Hall–Kier alpha value is -2.01. The van der Waals surface area contributed by atoms with Gasteiger partial charge in [0.05, 0.1) is 13.3 Å². The SMILES string of the molecule is CC[C@@H](NC[C@@H]1CNc2ccnn2C1)c1ccccc1OC. The normalized spacial score (nSPS) is 18.4. The van der Waals surface area contributed by atoms with Crippen molar-refractivity contribution in [1.29, 1.82) is 0 Å². The maximum atomic E-state index is 5.49. The summed E-state index contributed by atoms with van der Waals surface area (Å²) in [6.07, 6.45) is 2.88. The second-order valence-corrected chi connectivity index (χ2v) is 5.76. The molecule has 1 aliphatic rings. The van der Waals surface area contributed by atoms with Crippen LogP contribution < -0.4 is 15.4 Å². The van der Waals surface area contributed by atoms with Crippen LogP contribution in [0.25, 0.3) is 0 Å². The Bertz CT molecular complexity index is 610. The number of fused-ring (bicyclic) bond motifs is 1.